The summed E-state index contributed by atoms with van der Waals surface area (Å²) in [7, 11) is 1.78. The Morgan fingerprint density at radius 3 is 2.23 bits per heavy atom. The van der Waals surface area contributed by atoms with Crippen LogP contribution in [-0.4, -0.2) is 83.7 Å². The van der Waals surface area contributed by atoms with Crippen molar-refractivity contribution in [1.82, 2.24) is 20.0 Å². The number of alkyl halides is 3. The molecule has 240 valence electrons. The zero-order chi connectivity index (χ0) is 31.3. The van der Waals surface area contributed by atoms with Crippen LogP contribution in [0.3, 0.4) is 0 Å². The summed E-state index contributed by atoms with van der Waals surface area (Å²) in [5.74, 6) is 0.125. The summed E-state index contributed by atoms with van der Waals surface area (Å²) in [5, 5.41) is 13.1. The minimum Gasteiger partial charge on any atom is -0.480 e. The Balaban J connectivity index is 1.15. The minimum absolute atomic E-state index is 0.0755. The molecule has 2 aromatic rings. The molecule has 2 aromatic carbocycles. The molecule has 0 bridgehead atoms. The van der Waals surface area contributed by atoms with Gasteiger partial charge in [-0.2, -0.15) is 13.2 Å². The number of hydrogen-bond donors (Lipinski definition) is 2. The first-order valence-electron chi connectivity index (χ1n) is 16.0. The van der Waals surface area contributed by atoms with E-state index in [1.807, 2.05) is 6.07 Å². The first-order chi connectivity index (χ1) is 21.1. The number of hydrogen-bond acceptors (Lipinski definition) is 4. The van der Waals surface area contributed by atoms with Crippen molar-refractivity contribution in [3.63, 3.8) is 0 Å². The van der Waals surface area contributed by atoms with Crippen molar-refractivity contribution < 1.29 is 27.9 Å². The predicted octanol–water partition coefficient (Wildman–Crippen LogP) is 6.06. The molecule has 2 N–H and O–H groups in total. The minimum atomic E-state index is -4.38. The SMILES string of the molecule is CN(C(=O)NCc1ccc(C(F)(F)F)cc1)C1CCN(C[C@H]2CN([C@@H](C(=O)O)C3CCCCC3)C[C@@H]2c2ccccc2)CC1. The lowest BCUT2D eigenvalue weighted by Crippen LogP contribution is -2.49. The predicted molar refractivity (Wildman–Crippen MR) is 163 cm³/mol. The normalized spacial score (nSPS) is 23.4. The van der Waals surface area contributed by atoms with Gasteiger partial charge in [0.15, 0.2) is 0 Å². The van der Waals surface area contributed by atoms with E-state index in [1.54, 1.807) is 11.9 Å². The third-order valence-electron chi connectivity index (χ3n) is 10.1. The average Bonchev–Trinajstić information content (AvgIpc) is 3.43. The maximum absolute atomic E-state index is 12.9. The van der Waals surface area contributed by atoms with Gasteiger partial charge in [0.2, 0.25) is 0 Å². The molecule has 0 unspecified atom stereocenters. The van der Waals surface area contributed by atoms with Crippen LogP contribution in [0.5, 0.6) is 0 Å². The van der Waals surface area contributed by atoms with Gasteiger partial charge in [0.25, 0.3) is 0 Å². The number of carboxylic acids is 1. The number of aliphatic carboxylic acids is 1. The van der Waals surface area contributed by atoms with Crippen LogP contribution in [0.15, 0.2) is 54.6 Å². The van der Waals surface area contributed by atoms with E-state index in [9.17, 15) is 27.9 Å². The van der Waals surface area contributed by atoms with Gasteiger partial charge in [-0.05, 0) is 60.8 Å². The number of piperidine rings is 1. The molecule has 2 amide bonds. The molecule has 10 heteroatoms. The first kappa shape index (κ1) is 32.3. The monoisotopic (exact) mass is 614 g/mol. The molecule has 3 atom stereocenters. The molecule has 0 radical (unpaired) electrons. The van der Waals surface area contributed by atoms with E-state index in [0.717, 1.165) is 83.4 Å². The van der Waals surface area contributed by atoms with Gasteiger partial charge >= 0.3 is 18.2 Å². The Bertz CT molecular complexity index is 1230. The van der Waals surface area contributed by atoms with Crippen molar-refractivity contribution in [2.45, 2.75) is 75.7 Å². The molecule has 1 saturated carbocycles. The summed E-state index contributed by atoms with van der Waals surface area (Å²) >= 11 is 0. The summed E-state index contributed by atoms with van der Waals surface area (Å²) in [4.78, 5) is 31.8. The molecule has 3 fully saturated rings. The number of nitrogens with one attached hydrogen (secondary N) is 1. The van der Waals surface area contributed by atoms with E-state index >= 15 is 0 Å². The second kappa shape index (κ2) is 14.3. The van der Waals surface area contributed by atoms with Gasteiger partial charge < -0.3 is 20.2 Å². The number of carbonyl (C=O) groups excluding carboxylic acids is 1. The quantitative estimate of drug-likeness (QED) is 0.359. The summed E-state index contributed by atoms with van der Waals surface area (Å²) < 4.78 is 38.5. The van der Waals surface area contributed by atoms with Crippen molar-refractivity contribution in [2.24, 2.45) is 11.8 Å². The van der Waals surface area contributed by atoms with Gasteiger partial charge in [-0.25, -0.2) is 4.79 Å². The molecule has 0 spiro atoms. The topological polar surface area (TPSA) is 76.1 Å². The number of halogens is 3. The van der Waals surface area contributed by atoms with Crippen molar-refractivity contribution in [1.29, 1.82) is 0 Å². The van der Waals surface area contributed by atoms with Gasteiger partial charge in [0.05, 0.1) is 5.56 Å². The lowest BCUT2D eigenvalue weighted by Gasteiger charge is -2.38. The van der Waals surface area contributed by atoms with Crippen LogP contribution in [0.4, 0.5) is 18.0 Å². The van der Waals surface area contributed by atoms with Gasteiger partial charge in [0.1, 0.15) is 6.04 Å². The van der Waals surface area contributed by atoms with Gasteiger partial charge in [0, 0.05) is 58.3 Å². The van der Waals surface area contributed by atoms with Crippen LogP contribution >= 0.6 is 0 Å². The third kappa shape index (κ3) is 7.93. The van der Waals surface area contributed by atoms with Crippen LogP contribution in [0.25, 0.3) is 0 Å². The van der Waals surface area contributed by atoms with Crippen LogP contribution < -0.4 is 5.32 Å². The molecule has 0 aromatic heterocycles. The van der Waals surface area contributed by atoms with Crippen LogP contribution in [0.2, 0.25) is 0 Å². The van der Waals surface area contributed by atoms with E-state index in [0.29, 0.717) is 11.5 Å². The highest BCUT2D eigenvalue weighted by molar-refractivity contribution is 5.74. The number of carboxylic acid groups (broad SMARTS) is 1. The zero-order valence-electron chi connectivity index (χ0n) is 25.5. The molecule has 2 heterocycles. The highest BCUT2D eigenvalue weighted by Gasteiger charge is 2.43. The average molecular weight is 615 g/mol. The highest BCUT2D eigenvalue weighted by Crippen LogP contribution is 2.38. The first-order valence-corrected chi connectivity index (χ1v) is 16.0. The number of rotatable bonds is 9. The van der Waals surface area contributed by atoms with Gasteiger partial charge in [-0.1, -0.05) is 61.7 Å². The van der Waals surface area contributed by atoms with Crippen molar-refractivity contribution in [3.05, 3.63) is 71.3 Å². The summed E-state index contributed by atoms with van der Waals surface area (Å²) in [6.45, 7) is 4.30. The van der Waals surface area contributed by atoms with E-state index in [2.05, 4.69) is 39.4 Å². The Kier molecular flexibility index (Phi) is 10.5. The lowest BCUT2D eigenvalue weighted by molar-refractivity contribution is -0.145. The fourth-order valence-electron chi connectivity index (χ4n) is 7.60. The van der Waals surface area contributed by atoms with Crippen molar-refractivity contribution in [3.8, 4) is 0 Å². The smallest absolute Gasteiger partial charge is 0.416 e. The second-order valence-corrected chi connectivity index (χ2v) is 12.9. The maximum Gasteiger partial charge on any atom is 0.416 e. The summed E-state index contributed by atoms with van der Waals surface area (Å²) in [6, 6.07) is 14.8. The summed E-state index contributed by atoms with van der Waals surface area (Å²) in [5.41, 5.74) is 1.18. The number of carbonyl (C=O) groups is 2. The fourth-order valence-corrected chi connectivity index (χ4v) is 7.60. The van der Waals surface area contributed by atoms with Crippen LogP contribution in [0, 0.1) is 11.8 Å². The van der Waals surface area contributed by atoms with Gasteiger partial charge in [-0.15, -0.1) is 0 Å². The number of urea groups is 1. The lowest BCUT2D eigenvalue weighted by atomic mass is 9.83. The maximum atomic E-state index is 12.9. The van der Waals surface area contributed by atoms with E-state index < -0.39 is 23.8 Å². The van der Waals surface area contributed by atoms with Crippen LogP contribution in [-0.2, 0) is 17.5 Å². The second-order valence-electron chi connectivity index (χ2n) is 12.9. The van der Waals surface area contributed by atoms with Crippen LogP contribution in [0.1, 0.15) is 67.6 Å². The number of amides is 2. The zero-order valence-corrected chi connectivity index (χ0v) is 25.5. The Morgan fingerprint density at radius 2 is 1.61 bits per heavy atom. The molecule has 1 aliphatic carbocycles. The molecular formula is C34H45F3N4O3. The summed E-state index contributed by atoms with van der Waals surface area (Å²) in [6.07, 6.45) is 2.69. The standard InChI is InChI=1S/C34H45F3N4O3/c1-39(33(44)38-20-24-12-14-28(15-13-24)34(35,36)37)29-16-18-40(19-17-29)21-27-22-41(23-30(27)25-8-4-2-5-9-25)31(32(42)43)26-10-6-3-7-11-26/h2,4-5,8-9,12-15,26-27,29-31H,3,6-7,10-11,16-23H2,1H3,(H,38,44)(H,42,43)/t27-,30+,31+/m0/s1. The molecule has 5 rings (SSSR count). The van der Waals surface area contributed by atoms with Crippen molar-refractivity contribution in [2.75, 3.05) is 39.8 Å². The van der Waals surface area contributed by atoms with Gasteiger partial charge in [-0.3, -0.25) is 9.69 Å². The Hall–Kier alpha value is -3.11. The Labute approximate surface area is 258 Å². The van der Waals surface area contributed by atoms with E-state index in [-0.39, 0.29) is 30.5 Å². The fraction of sp³-hybridized carbons (Fsp3) is 0.588. The number of nitrogens with zero attached hydrogens (tertiary/aromatic N) is 3. The van der Waals surface area contributed by atoms with Crippen molar-refractivity contribution >= 4 is 12.0 Å². The molecule has 2 saturated heterocycles. The molecular weight excluding hydrogens is 569 g/mol. The number of benzene rings is 2. The third-order valence-corrected chi connectivity index (χ3v) is 10.1. The molecule has 7 nitrogen and oxygen atoms in total. The molecule has 3 aliphatic rings. The van der Waals surface area contributed by atoms with E-state index in [4.69, 9.17) is 0 Å². The molecule has 44 heavy (non-hydrogen) atoms. The molecule has 2 aliphatic heterocycles. The number of likely N-dealkylation sites (tertiary alicyclic amines) is 2. The highest BCUT2D eigenvalue weighted by atomic mass is 19.4. The largest absolute Gasteiger partial charge is 0.480 e. The Morgan fingerprint density at radius 1 is 0.955 bits per heavy atom. The van der Waals surface area contributed by atoms with E-state index in [1.165, 1.54) is 24.1 Å².